The molecule has 1 spiro atoms. The van der Waals surface area contributed by atoms with Crippen LogP contribution in [0.4, 0.5) is 5.82 Å². The van der Waals surface area contributed by atoms with E-state index in [1.54, 1.807) is 12.4 Å². The molecule has 0 atom stereocenters. The molecule has 26 heavy (non-hydrogen) atoms. The SMILES string of the molecule is Clc1cccc(COc2cncc(N3CCOC4(CCOCC4)C3)n2)c1. The van der Waals surface area contributed by atoms with Crippen molar-refractivity contribution in [1.82, 2.24) is 9.97 Å². The molecule has 2 aliphatic rings. The Morgan fingerprint density at radius 3 is 2.92 bits per heavy atom. The molecule has 0 radical (unpaired) electrons. The molecule has 0 N–H and O–H groups in total. The Kier molecular flexibility index (Phi) is 5.24. The van der Waals surface area contributed by atoms with Crippen LogP contribution >= 0.6 is 11.6 Å². The lowest BCUT2D eigenvalue weighted by atomic mass is 9.92. The molecule has 2 saturated heterocycles. The lowest BCUT2D eigenvalue weighted by molar-refractivity contribution is -0.116. The molecule has 0 unspecified atom stereocenters. The predicted molar refractivity (Wildman–Crippen MR) is 98.8 cm³/mol. The van der Waals surface area contributed by atoms with Gasteiger partial charge in [0.15, 0.2) is 5.82 Å². The average molecular weight is 376 g/mol. The lowest BCUT2D eigenvalue weighted by Crippen LogP contribution is -2.54. The van der Waals surface area contributed by atoms with E-state index in [1.807, 2.05) is 24.3 Å². The Morgan fingerprint density at radius 2 is 2.08 bits per heavy atom. The standard InChI is InChI=1S/C19H22ClN3O3/c20-16-3-1-2-15(10-16)13-25-18-12-21-11-17(22-18)23-6-9-26-19(14-23)4-7-24-8-5-19/h1-3,10-12H,4-9,13-14H2. The van der Waals surface area contributed by atoms with Crippen LogP contribution in [0, 0.1) is 0 Å². The highest BCUT2D eigenvalue weighted by Gasteiger charge is 2.38. The van der Waals surface area contributed by atoms with Gasteiger partial charge in [0.05, 0.1) is 24.6 Å². The summed E-state index contributed by atoms with van der Waals surface area (Å²) in [6, 6.07) is 7.61. The number of ether oxygens (including phenoxy) is 3. The Morgan fingerprint density at radius 1 is 1.19 bits per heavy atom. The maximum atomic E-state index is 6.09. The van der Waals surface area contributed by atoms with E-state index in [0.29, 0.717) is 24.1 Å². The first-order valence-electron chi connectivity index (χ1n) is 8.88. The molecule has 3 heterocycles. The van der Waals surface area contributed by atoms with Crippen LogP contribution in [0.3, 0.4) is 0 Å². The number of hydrogen-bond donors (Lipinski definition) is 0. The van der Waals surface area contributed by atoms with Gasteiger partial charge in [-0.1, -0.05) is 23.7 Å². The summed E-state index contributed by atoms with van der Waals surface area (Å²) < 4.78 is 17.4. The van der Waals surface area contributed by atoms with Crippen molar-refractivity contribution in [2.75, 3.05) is 37.8 Å². The molecule has 0 saturated carbocycles. The minimum atomic E-state index is -0.129. The van der Waals surface area contributed by atoms with Crippen molar-refractivity contribution in [2.24, 2.45) is 0 Å². The van der Waals surface area contributed by atoms with Crippen LogP contribution in [0.15, 0.2) is 36.7 Å². The smallest absolute Gasteiger partial charge is 0.234 e. The van der Waals surface area contributed by atoms with Gasteiger partial charge in [0.25, 0.3) is 0 Å². The molecule has 2 aliphatic heterocycles. The van der Waals surface area contributed by atoms with E-state index in [-0.39, 0.29) is 5.60 Å². The summed E-state index contributed by atoms with van der Waals surface area (Å²) in [4.78, 5) is 11.2. The van der Waals surface area contributed by atoms with Gasteiger partial charge < -0.3 is 19.1 Å². The summed E-state index contributed by atoms with van der Waals surface area (Å²) in [6.45, 7) is 4.21. The van der Waals surface area contributed by atoms with Gasteiger partial charge in [0.1, 0.15) is 6.61 Å². The number of aromatic nitrogens is 2. The Labute approximate surface area is 158 Å². The monoisotopic (exact) mass is 375 g/mol. The van der Waals surface area contributed by atoms with Gasteiger partial charge in [-0.2, -0.15) is 4.98 Å². The zero-order valence-corrected chi connectivity index (χ0v) is 15.3. The van der Waals surface area contributed by atoms with Crippen LogP contribution in [0.25, 0.3) is 0 Å². The third-order valence-electron chi connectivity index (χ3n) is 4.85. The predicted octanol–water partition coefficient (Wildman–Crippen LogP) is 3.09. The number of anilines is 1. The van der Waals surface area contributed by atoms with Crippen LogP contribution in [0.2, 0.25) is 5.02 Å². The summed E-state index contributed by atoms with van der Waals surface area (Å²) in [5.41, 5.74) is 0.868. The van der Waals surface area contributed by atoms with E-state index in [4.69, 9.17) is 25.8 Å². The van der Waals surface area contributed by atoms with Gasteiger partial charge in [-0.3, -0.25) is 4.98 Å². The first kappa shape index (κ1) is 17.5. The van der Waals surface area contributed by atoms with Crippen LogP contribution < -0.4 is 9.64 Å². The molecule has 7 heteroatoms. The zero-order chi connectivity index (χ0) is 17.8. The maximum absolute atomic E-state index is 6.09. The molecule has 0 amide bonds. The quantitative estimate of drug-likeness (QED) is 0.818. The van der Waals surface area contributed by atoms with Crippen LogP contribution in [-0.4, -0.2) is 48.5 Å². The topological polar surface area (TPSA) is 56.7 Å². The highest BCUT2D eigenvalue weighted by molar-refractivity contribution is 6.30. The average Bonchev–Trinajstić information content (AvgIpc) is 2.67. The number of rotatable bonds is 4. The molecular weight excluding hydrogens is 354 g/mol. The second-order valence-electron chi connectivity index (χ2n) is 6.70. The van der Waals surface area contributed by atoms with Gasteiger partial charge in [-0.15, -0.1) is 0 Å². The molecule has 4 rings (SSSR count). The summed E-state index contributed by atoms with van der Waals surface area (Å²) in [5, 5.41) is 0.695. The molecule has 1 aromatic carbocycles. The zero-order valence-electron chi connectivity index (χ0n) is 14.6. The molecule has 6 nitrogen and oxygen atoms in total. The summed E-state index contributed by atoms with van der Waals surface area (Å²) in [6.07, 6.45) is 5.26. The second-order valence-corrected chi connectivity index (χ2v) is 7.14. The highest BCUT2D eigenvalue weighted by atomic mass is 35.5. The second kappa shape index (κ2) is 7.78. The van der Waals surface area contributed by atoms with Gasteiger partial charge in [-0.25, -0.2) is 0 Å². The van der Waals surface area contributed by atoms with Crippen molar-refractivity contribution >= 4 is 17.4 Å². The Hall–Kier alpha value is -1.89. The summed E-state index contributed by atoms with van der Waals surface area (Å²) >= 11 is 6.01. The van der Waals surface area contributed by atoms with Crippen LogP contribution in [0.1, 0.15) is 18.4 Å². The number of hydrogen-bond acceptors (Lipinski definition) is 6. The van der Waals surface area contributed by atoms with Crippen molar-refractivity contribution in [1.29, 1.82) is 0 Å². The van der Waals surface area contributed by atoms with Gasteiger partial charge in [0.2, 0.25) is 5.88 Å². The van der Waals surface area contributed by atoms with Crippen molar-refractivity contribution in [3.63, 3.8) is 0 Å². The van der Waals surface area contributed by atoms with Crippen molar-refractivity contribution < 1.29 is 14.2 Å². The van der Waals surface area contributed by atoms with Crippen molar-refractivity contribution in [2.45, 2.75) is 25.0 Å². The Bertz CT molecular complexity index is 747. The van der Waals surface area contributed by atoms with Gasteiger partial charge in [-0.05, 0) is 17.7 Å². The van der Waals surface area contributed by atoms with Gasteiger partial charge >= 0.3 is 0 Å². The molecule has 2 fully saturated rings. The molecular formula is C19H22ClN3O3. The first-order valence-corrected chi connectivity index (χ1v) is 9.26. The lowest BCUT2D eigenvalue weighted by Gasteiger charge is -2.45. The molecule has 0 aliphatic carbocycles. The highest BCUT2D eigenvalue weighted by Crippen LogP contribution is 2.31. The third-order valence-corrected chi connectivity index (χ3v) is 5.09. The van der Waals surface area contributed by atoms with E-state index in [1.165, 1.54) is 0 Å². The Balaban J connectivity index is 1.43. The fourth-order valence-corrected chi connectivity index (χ4v) is 3.64. The normalized spacial score (nSPS) is 19.5. The third kappa shape index (κ3) is 4.09. The minimum Gasteiger partial charge on any atom is -0.472 e. The van der Waals surface area contributed by atoms with E-state index >= 15 is 0 Å². The number of nitrogens with zero attached hydrogens (tertiary/aromatic N) is 3. The summed E-state index contributed by atoms with van der Waals surface area (Å²) in [5.74, 6) is 1.33. The number of morpholine rings is 1. The fourth-order valence-electron chi connectivity index (χ4n) is 3.43. The molecule has 1 aromatic heterocycles. The van der Waals surface area contributed by atoms with Crippen LogP contribution in [-0.2, 0) is 16.1 Å². The van der Waals surface area contributed by atoms with E-state index in [2.05, 4.69) is 14.9 Å². The molecule has 138 valence electrons. The maximum Gasteiger partial charge on any atom is 0.234 e. The van der Waals surface area contributed by atoms with E-state index < -0.39 is 0 Å². The van der Waals surface area contributed by atoms with Crippen molar-refractivity contribution in [3.05, 3.63) is 47.2 Å². The first-order chi connectivity index (χ1) is 12.7. The fraction of sp³-hybridized carbons (Fsp3) is 0.474. The number of benzene rings is 1. The summed E-state index contributed by atoms with van der Waals surface area (Å²) in [7, 11) is 0. The molecule has 2 aromatic rings. The largest absolute Gasteiger partial charge is 0.472 e. The van der Waals surface area contributed by atoms with E-state index in [0.717, 1.165) is 50.5 Å². The van der Waals surface area contributed by atoms with E-state index in [9.17, 15) is 0 Å². The molecule has 0 bridgehead atoms. The van der Waals surface area contributed by atoms with Crippen LogP contribution in [0.5, 0.6) is 5.88 Å². The van der Waals surface area contributed by atoms with Crippen molar-refractivity contribution in [3.8, 4) is 5.88 Å². The minimum absolute atomic E-state index is 0.129. The number of halogens is 1. The van der Waals surface area contributed by atoms with Gasteiger partial charge in [0, 0.05) is 44.2 Å².